The van der Waals surface area contributed by atoms with Crippen molar-refractivity contribution < 1.29 is 5.11 Å². The SMILES string of the molecule is CC(O)CCN[C@@H](C)c1ccccc1. The Hall–Kier alpha value is -0.860. The average molecular weight is 193 g/mol. The van der Waals surface area contributed by atoms with Crippen molar-refractivity contribution in [2.75, 3.05) is 6.54 Å². The molecule has 78 valence electrons. The van der Waals surface area contributed by atoms with Gasteiger partial charge in [-0.3, -0.25) is 0 Å². The molecule has 1 aromatic carbocycles. The molecule has 0 bridgehead atoms. The smallest absolute Gasteiger partial charge is 0.0524 e. The van der Waals surface area contributed by atoms with Gasteiger partial charge in [-0.1, -0.05) is 30.3 Å². The Kier molecular flexibility index (Phi) is 4.63. The number of hydrogen-bond acceptors (Lipinski definition) is 2. The number of benzene rings is 1. The van der Waals surface area contributed by atoms with Crippen LogP contribution in [0.1, 0.15) is 31.9 Å². The summed E-state index contributed by atoms with van der Waals surface area (Å²) in [4.78, 5) is 0. The number of rotatable bonds is 5. The first-order valence-electron chi connectivity index (χ1n) is 5.16. The normalized spacial score (nSPS) is 15.1. The van der Waals surface area contributed by atoms with Gasteiger partial charge in [-0.25, -0.2) is 0 Å². The first-order valence-corrected chi connectivity index (χ1v) is 5.16. The van der Waals surface area contributed by atoms with Crippen LogP contribution in [0, 0.1) is 0 Å². The Morgan fingerprint density at radius 2 is 1.86 bits per heavy atom. The van der Waals surface area contributed by atoms with E-state index in [9.17, 15) is 0 Å². The third kappa shape index (κ3) is 3.90. The van der Waals surface area contributed by atoms with E-state index in [0.717, 1.165) is 13.0 Å². The number of hydrogen-bond donors (Lipinski definition) is 2. The molecule has 0 spiro atoms. The topological polar surface area (TPSA) is 32.3 Å². The van der Waals surface area contributed by atoms with Gasteiger partial charge in [-0.2, -0.15) is 0 Å². The lowest BCUT2D eigenvalue weighted by Crippen LogP contribution is -2.22. The van der Waals surface area contributed by atoms with Crippen LogP contribution >= 0.6 is 0 Å². The van der Waals surface area contributed by atoms with Crippen molar-refractivity contribution in [3.05, 3.63) is 35.9 Å². The standard InChI is InChI=1S/C12H19NO/c1-10(14)8-9-13-11(2)12-6-4-3-5-7-12/h3-7,10-11,13-14H,8-9H2,1-2H3/t10?,11-/m0/s1. The van der Waals surface area contributed by atoms with E-state index in [1.165, 1.54) is 5.56 Å². The molecule has 0 aliphatic heterocycles. The fraction of sp³-hybridized carbons (Fsp3) is 0.500. The number of aliphatic hydroxyl groups is 1. The van der Waals surface area contributed by atoms with Crippen LogP contribution in [0.15, 0.2) is 30.3 Å². The van der Waals surface area contributed by atoms with E-state index in [1.807, 2.05) is 25.1 Å². The molecule has 0 saturated heterocycles. The summed E-state index contributed by atoms with van der Waals surface area (Å²) in [7, 11) is 0. The largest absolute Gasteiger partial charge is 0.393 e. The molecule has 1 rings (SSSR count). The highest BCUT2D eigenvalue weighted by molar-refractivity contribution is 5.17. The fourth-order valence-electron chi connectivity index (χ4n) is 1.37. The van der Waals surface area contributed by atoms with E-state index in [2.05, 4.69) is 24.4 Å². The Balaban J connectivity index is 2.32. The van der Waals surface area contributed by atoms with E-state index < -0.39 is 0 Å². The zero-order valence-corrected chi connectivity index (χ0v) is 8.90. The molecule has 2 heteroatoms. The molecule has 2 atom stereocenters. The first-order chi connectivity index (χ1) is 6.70. The highest BCUT2D eigenvalue weighted by atomic mass is 16.3. The Morgan fingerprint density at radius 3 is 2.43 bits per heavy atom. The molecule has 14 heavy (non-hydrogen) atoms. The third-order valence-electron chi connectivity index (χ3n) is 2.31. The second-order valence-electron chi connectivity index (χ2n) is 3.72. The van der Waals surface area contributed by atoms with Gasteiger partial charge in [0.25, 0.3) is 0 Å². The Bertz CT molecular complexity index is 246. The minimum Gasteiger partial charge on any atom is -0.393 e. The summed E-state index contributed by atoms with van der Waals surface area (Å²) in [5, 5.41) is 12.5. The molecule has 0 aliphatic carbocycles. The van der Waals surface area contributed by atoms with E-state index in [0.29, 0.717) is 6.04 Å². The fourth-order valence-corrected chi connectivity index (χ4v) is 1.37. The lowest BCUT2D eigenvalue weighted by atomic mass is 10.1. The minimum absolute atomic E-state index is 0.217. The third-order valence-corrected chi connectivity index (χ3v) is 2.31. The van der Waals surface area contributed by atoms with Crippen molar-refractivity contribution in [2.24, 2.45) is 0 Å². The molecule has 0 aliphatic rings. The van der Waals surface area contributed by atoms with Gasteiger partial charge in [0.1, 0.15) is 0 Å². The molecule has 0 saturated carbocycles. The maximum atomic E-state index is 9.10. The second kappa shape index (κ2) is 5.78. The Morgan fingerprint density at radius 1 is 1.21 bits per heavy atom. The number of aliphatic hydroxyl groups excluding tert-OH is 1. The van der Waals surface area contributed by atoms with Crippen molar-refractivity contribution in [3.8, 4) is 0 Å². The highest BCUT2D eigenvalue weighted by Gasteiger charge is 2.03. The van der Waals surface area contributed by atoms with E-state index >= 15 is 0 Å². The molecule has 0 radical (unpaired) electrons. The van der Waals surface area contributed by atoms with E-state index in [1.54, 1.807) is 0 Å². The van der Waals surface area contributed by atoms with Crippen LogP contribution in [0.5, 0.6) is 0 Å². The average Bonchev–Trinajstić information content (AvgIpc) is 2.18. The minimum atomic E-state index is -0.217. The monoisotopic (exact) mass is 193 g/mol. The van der Waals surface area contributed by atoms with Gasteiger partial charge in [0.05, 0.1) is 6.10 Å². The van der Waals surface area contributed by atoms with E-state index in [4.69, 9.17) is 5.11 Å². The maximum absolute atomic E-state index is 9.10. The van der Waals surface area contributed by atoms with Gasteiger partial charge < -0.3 is 10.4 Å². The number of nitrogens with one attached hydrogen (secondary N) is 1. The molecule has 0 amide bonds. The zero-order chi connectivity index (χ0) is 10.4. The van der Waals surface area contributed by atoms with Gasteiger partial charge in [-0.05, 0) is 32.4 Å². The predicted octanol–water partition coefficient (Wildman–Crippen LogP) is 2.11. The first kappa shape index (κ1) is 11.2. The van der Waals surface area contributed by atoms with Crippen molar-refractivity contribution >= 4 is 0 Å². The summed E-state index contributed by atoms with van der Waals surface area (Å²) in [6, 6.07) is 10.7. The zero-order valence-electron chi connectivity index (χ0n) is 8.90. The summed E-state index contributed by atoms with van der Waals surface area (Å²) < 4.78 is 0. The molecular formula is C12H19NO. The summed E-state index contributed by atoms with van der Waals surface area (Å²) >= 11 is 0. The molecule has 2 nitrogen and oxygen atoms in total. The molecular weight excluding hydrogens is 174 g/mol. The van der Waals surface area contributed by atoms with E-state index in [-0.39, 0.29) is 6.10 Å². The molecule has 1 aromatic rings. The highest BCUT2D eigenvalue weighted by Crippen LogP contribution is 2.10. The second-order valence-corrected chi connectivity index (χ2v) is 3.72. The molecule has 0 aromatic heterocycles. The van der Waals surface area contributed by atoms with Gasteiger partial charge in [0.2, 0.25) is 0 Å². The molecule has 1 unspecified atom stereocenters. The Labute approximate surface area is 86.0 Å². The van der Waals surface area contributed by atoms with Crippen molar-refractivity contribution in [2.45, 2.75) is 32.4 Å². The predicted molar refractivity (Wildman–Crippen MR) is 59.2 cm³/mol. The van der Waals surface area contributed by atoms with Crippen molar-refractivity contribution in [1.82, 2.24) is 5.32 Å². The lowest BCUT2D eigenvalue weighted by molar-refractivity contribution is 0.182. The van der Waals surface area contributed by atoms with Crippen LogP contribution in [-0.2, 0) is 0 Å². The van der Waals surface area contributed by atoms with Crippen LogP contribution in [0.2, 0.25) is 0 Å². The van der Waals surface area contributed by atoms with Crippen LogP contribution in [0.3, 0.4) is 0 Å². The van der Waals surface area contributed by atoms with Crippen LogP contribution in [0.4, 0.5) is 0 Å². The summed E-state index contributed by atoms with van der Waals surface area (Å²) in [6.45, 7) is 4.81. The van der Waals surface area contributed by atoms with Gasteiger partial charge in [0, 0.05) is 6.04 Å². The van der Waals surface area contributed by atoms with Crippen LogP contribution in [0.25, 0.3) is 0 Å². The molecule has 0 fully saturated rings. The molecule has 2 N–H and O–H groups in total. The van der Waals surface area contributed by atoms with Crippen molar-refractivity contribution in [1.29, 1.82) is 0 Å². The van der Waals surface area contributed by atoms with Crippen molar-refractivity contribution in [3.63, 3.8) is 0 Å². The summed E-state index contributed by atoms with van der Waals surface area (Å²) in [5.41, 5.74) is 1.29. The van der Waals surface area contributed by atoms with Gasteiger partial charge in [0.15, 0.2) is 0 Å². The molecule has 0 heterocycles. The maximum Gasteiger partial charge on any atom is 0.0524 e. The quantitative estimate of drug-likeness (QED) is 0.750. The van der Waals surface area contributed by atoms with Crippen LogP contribution in [-0.4, -0.2) is 17.8 Å². The summed E-state index contributed by atoms with van der Waals surface area (Å²) in [6.07, 6.45) is 0.586. The summed E-state index contributed by atoms with van der Waals surface area (Å²) in [5.74, 6) is 0. The lowest BCUT2D eigenvalue weighted by Gasteiger charge is -2.14. The van der Waals surface area contributed by atoms with Gasteiger partial charge in [-0.15, -0.1) is 0 Å². The van der Waals surface area contributed by atoms with Gasteiger partial charge >= 0.3 is 0 Å². The van der Waals surface area contributed by atoms with Crippen LogP contribution < -0.4 is 5.32 Å².